The maximum Gasteiger partial charge on any atom is 0.0722 e. The zero-order valence-electron chi connectivity index (χ0n) is 13.2. The first-order valence-corrected chi connectivity index (χ1v) is 8.25. The van der Waals surface area contributed by atoms with E-state index in [2.05, 4.69) is 75.4 Å². The maximum atomic E-state index is 4.47. The number of para-hydroxylation sites is 1. The molecule has 0 radical (unpaired) electrons. The number of pyridine rings is 1. The van der Waals surface area contributed by atoms with Gasteiger partial charge in [0.2, 0.25) is 0 Å². The molecule has 0 amide bonds. The highest BCUT2D eigenvalue weighted by molar-refractivity contribution is 5.91. The first-order chi connectivity index (χ1) is 11.4. The van der Waals surface area contributed by atoms with Crippen molar-refractivity contribution in [3.05, 3.63) is 72.4 Å². The summed E-state index contributed by atoms with van der Waals surface area (Å²) < 4.78 is 0. The molecule has 1 aliphatic rings. The third-order valence-electron chi connectivity index (χ3n) is 4.59. The van der Waals surface area contributed by atoms with E-state index in [1.807, 2.05) is 6.20 Å². The second-order valence-electron chi connectivity index (χ2n) is 6.10. The zero-order chi connectivity index (χ0) is 15.5. The van der Waals surface area contributed by atoms with Crippen LogP contribution in [0.15, 0.2) is 66.9 Å². The lowest BCUT2D eigenvalue weighted by Gasteiger charge is -2.36. The molecular weight excluding hydrogens is 282 g/mol. The van der Waals surface area contributed by atoms with Crippen LogP contribution in [0.2, 0.25) is 0 Å². The molecule has 1 aliphatic heterocycles. The van der Waals surface area contributed by atoms with Crippen molar-refractivity contribution in [2.24, 2.45) is 0 Å². The summed E-state index contributed by atoms with van der Waals surface area (Å²) in [6, 6.07) is 21.3. The number of hydrogen-bond acceptors (Lipinski definition) is 3. The van der Waals surface area contributed by atoms with Crippen LogP contribution in [0.5, 0.6) is 0 Å². The topological polar surface area (TPSA) is 19.4 Å². The SMILES string of the molecule is c1ccc(CN2CCN(c3ccnc4ccccc34)CC2)cc1. The Labute approximate surface area is 137 Å². The molecule has 0 bridgehead atoms. The van der Waals surface area contributed by atoms with Crippen LogP contribution < -0.4 is 4.90 Å². The number of hydrogen-bond donors (Lipinski definition) is 0. The number of nitrogens with zero attached hydrogens (tertiary/aromatic N) is 3. The zero-order valence-corrected chi connectivity index (χ0v) is 13.2. The average Bonchev–Trinajstić information content (AvgIpc) is 2.63. The number of benzene rings is 2. The van der Waals surface area contributed by atoms with Crippen LogP contribution in [-0.2, 0) is 6.54 Å². The molecule has 1 fully saturated rings. The highest BCUT2D eigenvalue weighted by Gasteiger charge is 2.18. The van der Waals surface area contributed by atoms with E-state index in [1.165, 1.54) is 16.6 Å². The predicted molar refractivity (Wildman–Crippen MR) is 95.7 cm³/mol. The fourth-order valence-electron chi connectivity index (χ4n) is 3.35. The van der Waals surface area contributed by atoms with E-state index < -0.39 is 0 Å². The molecule has 0 atom stereocenters. The van der Waals surface area contributed by atoms with Gasteiger partial charge in [-0.25, -0.2) is 0 Å². The smallest absolute Gasteiger partial charge is 0.0722 e. The monoisotopic (exact) mass is 303 g/mol. The third kappa shape index (κ3) is 3.06. The van der Waals surface area contributed by atoms with Crippen molar-refractivity contribution in [1.82, 2.24) is 9.88 Å². The van der Waals surface area contributed by atoms with Crippen LogP contribution in [0.4, 0.5) is 5.69 Å². The molecule has 0 spiro atoms. The van der Waals surface area contributed by atoms with Gasteiger partial charge in [-0.2, -0.15) is 0 Å². The minimum atomic E-state index is 1.05. The maximum absolute atomic E-state index is 4.47. The van der Waals surface area contributed by atoms with Crippen LogP contribution in [0, 0.1) is 0 Å². The second-order valence-corrected chi connectivity index (χ2v) is 6.10. The second kappa shape index (κ2) is 6.39. The molecule has 2 aromatic carbocycles. The van der Waals surface area contributed by atoms with E-state index in [0.717, 1.165) is 38.2 Å². The first kappa shape index (κ1) is 14.2. The van der Waals surface area contributed by atoms with Crippen molar-refractivity contribution in [3.63, 3.8) is 0 Å². The molecule has 116 valence electrons. The van der Waals surface area contributed by atoms with Gasteiger partial charge < -0.3 is 4.90 Å². The Kier molecular flexibility index (Phi) is 3.95. The standard InChI is InChI=1S/C20H21N3/c1-2-6-17(7-3-1)16-22-12-14-23(15-13-22)20-10-11-21-19-9-5-4-8-18(19)20/h1-11H,12-16H2. The molecule has 0 saturated carbocycles. The molecular formula is C20H21N3. The summed E-state index contributed by atoms with van der Waals surface area (Å²) in [5, 5.41) is 1.26. The number of fused-ring (bicyclic) bond motifs is 1. The molecule has 2 heterocycles. The van der Waals surface area contributed by atoms with Crippen molar-refractivity contribution in [3.8, 4) is 0 Å². The van der Waals surface area contributed by atoms with Gasteiger partial charge in [-0.05, 0) is 17.7 Å². The first-order valence-electron chi connectivity index (χ1n) is 8.25. The van der Waals surface area contributed by atoms with E-state index in [0.29, 0.717) is 0 Å². The number of rotatable bonds is 3. The van der Waals surface area contributed by atoms with Crippen LogP contribution in [0.3, 0.4) is 0 Å². The molecule has 3 heteroatoms. The lowest BCUT2D eigenvalue weighted by atomic mass is 10.1. The lowest BCUT2D eigenvalue weighted by molar-refractivity contribution is 0.250. The predicted octanol–water partition coefficient (Wildman–Crippen LogP) is 3.56. The molecule has 0 unspecified atom stereocenters. The van der Waals surface area contributed by atoms with Crippen molar-refractivity contribution < 1.29 is 0 Å². The quantitative estimate of drug-likeness (QED) is 0.737. The third-order valence-corrected chi connectivity index (χ3v) is 4.59. The Morgan fingerprint density at radius 1 is 0.783 bits per heavy atom. The summed E-state index contributed by atoms with van der Waals surface area (Å²) in [5.74, 6) is 0. The van der Waals surface area contributed by atoms with Crippen LogP contribution in [0.25, 0.3) is 10.9 Å². The number of aromatic nitrogens is 1. The largest absolute Gasteiger partial charge is 0.368 e. The summed E-state index contributed by atoms with van der Waals surface area (Å²) in [6.07, 6.45) is 1.92. The van der Waals surface area contributed by atoms with Gasteiger partial charge in [-0.15, -0.1) is 0 Å². The summed E-state index contributed by atoms with van der Waals surface area (Å²) in [6.45, 7) is 5.39. The molecule has 1 saturated heterocycles. The van der Waals surface area contributed by atoms with E-state index in [-0.39, 0.29) is 0 Å². The van der Waals surface area contributed by atoms with Gasteiger partial charge in [-0.3, -0.25) is 9.88 Å². The Morgan fingerprint density at radius 3 is 2.35 bits per heavy atom. The van der Waals surface area contributed by atoms with E-state index in [9.17, 15) is 0 Å². The van der Waals surface area contributed by atoms with Crippen molar-refractivity contribution in [2.45, 2.75) is 6.54 Å². The summed E-state index contributed by atoms with van der Waals surface area (Å²) >= 11 is 0. The fraction of sp³-hybridized carbons (Fsp3) is 0.250. The van der Waals surface area contributed by atoms with Crippen molar-refractivity contribution in [2.75, 3.05) is 31.1 Å². The molecule has 23 heavy (non-hydrogen) atoms. The summed E-state index contributed by atoms with van der Waals surface area (Å²) in [4.78, 5) is 9.50. The van der Waals surface area contributed by atoms with Crippen molar-refractivity contribution in [1.29, 1.82) is 0 Å². The molecule has 3 aromatic rings. The Hall–Kier alpha value is -2.39. The molecule has 4 rings (SSSR count). The summed E-state index contributed by atoms with van der Waals surface area (Å²) in [7, 11) is 0. The van der Waals surface area contributed by atoms with Gasteiger partial charge in [-0.1, -0.05) is 48.5 Å². The molecule has 3 nitrogen and oxygen atoms in total. The highest BCUT2D eigenvalue weighted by atomic mass is 15.3. The minimum Gasteiger partial charge on any atom is -0.368 e. The van der Waals surface area contributed by atoms with E-state index >= 15 is 0 Å². The average molecular weight is 303 g/mol. The Morgan fingerprint density at radius 2 is 1.52 bits per heavy atom. The summed E-state index contributed by atoms with van der Waals surface area (Å²) in [5.41, 5.74) is 3.79. The molecule has 0 N–H and O–H groups in total. The highest BCUT2D eigenvalue weighted by Crippen LogP contribution is 2.26. The molecule has 0 aliphatic carbocycles. The van der Waals surface area contributed by atoms with E-state index in [4.69, 9.17) is 0 Å². The lowest BCUT2D eigenvalue weighted by Crippen LogP contribution is -2.46. The normalized spacial score (nSPS) is 15.9. The van der Waals surface area contributed by atoms with E-state index in [1.54, 1.807) is 0 Å². The van der Waals surface area contributed by atoms with Gasteiger partial charge >= 0.3 is 0 Å². The Balaban J connectivity index is 1.47. The van der Waals surface area contributed by atoms with Crippen LogP contribution >= 0.6 is 0 Å². The van der Waals surface area contributed by atoms with Crippen LogP contribution in [-0.4, -0.2) is 36.1 Å². The van der Waals surface area contributed by atoms with Gasteiger partial charge in [0.05, 0.1) is 5.52 Å². The van der Waals surface area contributed by atoms with Gasteiger partial charge in [0.15, 0.2) is 0 Å². The fourth-order valence-corrected chi connectivity index (χ4v) is 3.35. The van der Waals surface area contributed by atoms with Gasteiger partial charge in [0, 0.05) is 50.0 Å². The number of anilines is 1. The number of piperazine rings is 1. The van der Waals surface area contributed by atoms with Gasteiger partial charge in [0.1, 0.15) is 0 Å². The van der Waals surface area contributed by atoms with Crippen LogP contribution in [0.1, 0.15) is 5.56 Å². The molecule has 1 aromatic heterocycles. The van der Waals surface area contributed by atoms with Crippen molar-refractivity contribution >= 4 is 16.6 Å². The Bertz CT molecular complexity index is 772. The minimum absolute atomic E-state index is 1.05. The van der Waals surface area contributed by atoms with Gasteiger partial charge in [0.25, 0.3) is 0 Å².